The molecule has 3 nitrogen and oxygen atoms in total. The Morgan fingerprint density at radius 1 is 1.25 bits per heavy atom. The van der Waals surface area contributed by atoms with E-state index < -0.39 is 0 Å². The van der Waals surface area contributed by atoms with Gasteiger partial charge in [-0.3, -0.25) is 4.79 Å². The molecule has 4 heteroatoms. The highest BCUT2D eigenvalue weighted by Crippen LogP contribution is 2.21. The number of unbranched alkanes of at least 4 members (excludes halogenated alkanes) is 1. The van der Waals surface area contributed by atoms with Crippen LogP contribution in [0, 0.1) is 5.92 Å². The van der Waals surface area contributed by atoms with Crippen LogP contribution in [0.1, 0.15) is 45.2 Å². The van der Waals surface area contributed by atoms with Crippen LogP contribution in [0.3, 0.4) is 0 Å². The molecule has 1 rings (SSSR count). The Morgan fingerprint density at radius 3 is 2.35 bits per heavy atom. The molecular weight excluding hydrogens is 272 g/mol. The van der Waals surface area contributed by atoms with E-state index in [-0.39, 0.29) is 30.3 Å². The van der Waals surface area contributed by atoms with E-state index >= 15 is 0 Å². The number of hydrogen-bond donors (Lipinski definition) is 1. The van der Waals surface area contributed by atoms with E-state index in [1.54, 1.807) is 0 Å². The van der Waals surface area contributed by atoms with E-state index in [1.807, 2.05) is 49.1 Å². The summed E-state index contributed by atoms with van der Waals surface area (Å²) in [6.45, 7) is 7.67. The van der Waals surface area contributed by atoms with Crippen molar-refractivity contribution in [1.82, 2.24) is 4.90 Å². The summed E-state index contributed by atoms with van der Waals surface area (Å²) in [6, 6.07) is 9.61. The minimum atomic E-state index is -0.232. The molecule has 0 aliphatic rings. The summed E-state index contributed by atoms with van der Waals surface area (Å²) >= 11 is 0. The number of nitrogens with zero attached hydrogens (tertiary/aromatic N) is 1. The summed E-state index contributed by atoms with van der Waals surface area (Å²) in [4.78, 5) is 14.4. The molecule has 0 aromatic heterocycles. The number of carbonyl (C=O) groups is 1. The largest absolute Gasteiger partial charge is 0.343 e. The molecule has 114 valence electrons. The van der Waals surface area contributed by atoms with Gasteiger partial charge in [0.05, 0.1) is 5.92 Å². The molecule has 0 heterocycles. The van der Waals surface area contributed by atoms with Gasteiger partial charge in [0.25, 0.3) is 0 Å². The van der Waals surface area contributed by atoms with Crippen LogP contribution < -0.4 is 5.73 Å². The van der Waals surface area contributed by atoms with Crippen LogP contribution in [-0.2, 0) is 4.79 Å². The van der Waals surface area contributed by atoms with Crippen molar-refractivity contribution in [2.45, 2.75) is 39.7 Å². The van der Waals surface area contributed by atoms with Crippen LogP contribution in [0.5, 0.6) is 0 Å². The molecule has 0 radical (unpaired) electrons. The third-order valence-electron chi connectivity index (χ3n) is 3.59. The van der Waals surface area contributed by atoms with Crippen LogP contribution in [0.15, 0.2) is 30.3 Å². The Balaban J connectivity index is 0.00000361. The SMILES string of the molecule is CCCCN(CC)C(=O)C(C)C(N)c1ccccc1.Cl. The highest BCUT2D eigenvalue weighted by atomic mass is 35.5. The zero-order valence-electron chi connectivity index (χ0n) is 12.7. The number of benzene rings is 1. The lowest BCUT2D eigenvalue weighted by Gasteiger charge is -2.27. The molecule has 20 heavy (non-hydrogen) atoms. The molecular formula is C16H27ClN2O. The Hall–Kier alpha value is -1.06. The summed E-state index contributed by atoms with van der Waals surface area (Å²) in [6.07, 6.45) is 2.15. The van der Waals surface area contributed by atoms with Gasteiger partial charge in [0, 0.05) is 19.1 Å². The van der Waals surface area contributed by atoms with E-state index in [4.69, 9.17) is 5.73 Å². The molecule has 2 N–H and O–H groups in total. The third kappa shape index (κ3) is 5.14. The van der Waals surface area contributed by atoms with E-state index in [2.05, 4.69) is 6.92 Å². The molecule has 0 bridgehead atoms. The topological polar surface area (TPSA) is 46.3 Å². The molecule has 2 unspecified atom stereocenters. The van der Waals surface area contributed by atoms with Gasteiger partial charge in [-0.1, -0.05) is 50.6 Å². The second-order valence-corrected chi connectivity index (χ2v) is 5.00. The lowest BCUT2D eigenvalue weighted by Crippen LogP contribution is -2.39. The van der Waals surface area contributed by atoms with Gasteiger partial charge in [0.2, 0.25) is 5.91 Å². The monoisotopic (exact) mass is 298 g/mol. The average Bonchev–Trinajstić information content (AvgIpc) is 2.47. The predicted octanol–water partition coefficient (Wildman–Crippen LogP) is 3.39. The molecule has 1 aromatic rings. The molecule has 0 saturated carbocycles. The minimum absolute atomic E-state index is 0. The van der Waals surface area contributed by atoms with Crippen LogP contribution in [0.25, 0.3) is 0 Å². The van der Waals surface area contributed by atoms with Gasteiger partial charge in [-0.05, 0) is 18.9 Å². The highest BCUT2D eigenvalue weighted by molar-refractivity contribution is 5.85. The van der Waals surface area contributed by atoms with Gasteiger partial charge in [-0.15, -0.1) is 12.4 Å². The number of amides is 1. The molecule has 2 atom stereocenters. The maximum absolute atomic E-state index is 12.4. The van der Waals surface area contributed by atoms with Crippen LogP contribution in [0.2, 0.25) is 0 Å². The third-order valence-corrected chi connectivity index (χ3v) is 3.59. The number of rotatable bonds is 7. The van der Waals surface area contributed by atoms with Gasteiger partial charge in [0.15, 0.2) is 0 Å². The van der Waals surface area contributed by atoms with Crippen LogP contribution in [0.4, 0.5) is 0 Å². The van der Waals surface area contributed by atoms with Crippen molar-refractivity contribution in [2.75, 3.05) is 13.1 Å². The summed E-state index contributed by atoms with van der Waals surface area (Å²) < 4.78 is 0. The summed E-state index contributed by atoms with van der Waals surface area (Å²) in [7, 11) is 0. The van der Waals surface area contributed by atoms with Gasteiger partial charge in [-0.25, -0.2) is 0 Å². The first-order valence-electron chi connectivity index (χ1n) is 7.21. The van der Waals surface area contributed by atoms with E-state index in [9.17, 15) is 4.79 Å². The Labute approximate surface area is 128 Å². The second-order valence-electron chi connectivity index (χ2n) is 5.00. The fourth-order valence-electron chi connectivity index (χ4n) is 2.18. The van der Waals surface area contributed by atoms with Gasteiger partial charge < -0.3 is 10.6 Å². The molecule has 0 fully saturated rings. The molecule has 0 aliphatic carbocycles. The standard InChI is InChI=1S/C16H26N2O.ClH/c1-4-6-12-18(5-2)16(19)13(3)15(17)14-10-8-7-9-11-14;/h7-11,13,15H,4-6,12,17H2,1-3H3;1H. The fourth-order valence-corrected chi connectivity index (χ4v) is 2.18. The van der Waals surface area contributed by atoms with E-state index in [0.29, 0.717) is 0 Å². The normalized spacial score (nSPS) is 13.2. The fraction of sp³-hybridized carbons (Fsp3) is 0.562. The molecule has 0 spiro atoms. The quantitative estimate of drug-likeness (QED) is 0.838. The van der Waals surface area contributed by atoms with Crippen molar-refractivity contribution in [3.63, 3.8) is 0 Å². The minimum Gasteiger partial charge on any atom is -0.343 e. The predicted molar refractivity (Wildman–Crippen MR) is 86.9 cm³/mol. The van der Waals surface area contributed by atoms with Crippen molar-refractivity contribution in [3.8, 4) is 0 Å². The Morgan fingerprint density at radius 2 is 1.85 bits per heavy atom. The maximum Gasteiger partial charge on any atom is 0.227 e. The lowest BCUT2D eigenvalue weighted by atomic mass is 9.94. The zero-order chi connectivity index (χ0) is 14.3. The maximum atomic E-state index is 12.4. The Bertz CT molecular complexity index is 383. The Kier molecular flexibility index (Phi) is 9.26. The van der Waals surface area contributed by atoms with E-state index in [0.717, 1.165) is 31.5 Å². The van der Waals surface area contributed by atoms with Gasteiger partial charge in [-0.2, -0.15) is 0 Å². The molecule has 1 amide bonds. The first-order valence-corrected chi connectivity index (χ1v) is 7.21. The van der Waals surface area contributed by atoms with Crippen LogP contribution in [-0.4, -0.2) is 23.9 Å². The number of hydrogen-bond acceptors (Lipinski definition) is 2. The second kappa shape index (κ2) is 9.78. The lowest BCUT2D eigenvalue weighted by molar-refractivity contribution is -0.135. The summed E-state index contributed by atoms with van der Waals surface area (Å²) in [5.74, 6) is -0.0218. The smallest absolute Gasteiger partial charge is 0.227 e. The van der Waals surface area contributed by atoms with Crippen molar-refractivity contribution < 1.29 is 4.79 Å². The average molecular weight is 299 g/mol. The van der Waals surface area contributed by atoms with Crippen LogP contribution >= 0.6 is 12.4 Å². The van der Waals surface area contributed by atoms with Crippen molar-refractivity contribution >= 4 is 18.3 Å². The van der Waals surface area contributed by atoms with Gasteiger partial charge >= 0.3 is 0 Å². The summed E-state index contributed by atoms with van der Waals surface area (Å²) in [5.41, 5.74) is 7.24. The number of carbonyl (C=O) groups excluding carboxylic acids is 1. The first kappa shape index (κ1) is 18.9. The molecule has 0 aliphatic heterocycles. The first-order chi connectivity index (χ1) is 9.11. The van der Waals surface area contributed by atoms with Crippen molar-refractivity contribution in [2.24, 2.45) is 11.7 Å². The number of nitrogens with two attached hydrogens (primary N) is 1. The molecule has 1 aromatic carbocycles. The zero-order valence-corrected chi connectivity index (χ0v) is 13.5. The number of halogens is 1. The summed E-state index contributed by atoms with van der Waals surface area (Å²) in [5, 5.41) is 0. The highest BCUT2D eigenvalue weighted by Gasteiger charge is 2.25. The van der Waals surface area contributed by atoms with E-state index in [1.165, 1.54) is 0 Å². The van der Waals surface area contributed by atoms with Crippen molar-refractivity contribution in [1.29, 1.82) is 0 Å². The van der Waals surface area contributed by atoms with Gasteiger partial charge in [0.1, 0.15) is 0 Å². The van der Waals surface area contributed by atoms with Crippen molar-refractivity contribution in [3.05, 3.63) is 35.9 Å². The molecule has 0 saturated heterocycles.